The molecule has 6 heteroatoms. The van der Waals surface area contributed by atoms with Crippen LogP contribution in [0.4, 0.5) is 10.5 Å². The number of primary amides is 1. The van der Waals surface area contributed by atoms with Crippen molar-refractivity contribution < 1.29 is 9.59 Å². The Balaban J connectivity index is 2.13. The van der Waals surface area contributed by atoms with E-state index in [1.807, 2.05) is 18.2 Å². The Hall–Kier alpha value is -2.53. The number of urea groups is 1. The summed E-state index contributed by atoms with van der Waals surface area (Å²) in [5, 5.41) is 3.06. The maximum Gasteiger partial charge on any atom is 0.316 e. The van der Waals surface area contributed by atoms with Gasteiger partial charge in [-0.15, -0.1) is 0 Å². The van der Waals surface area contributed by atoms with E-state index < -0.39 is 6.03 Å². The van der Waals surface area contributed by atoms with E-state index >= 15 is 0 Å². The normalized spacial score (nSPS) is 10.1. The van der Waals surface area contributed by atoms with Crippen molar-refractivity contribution in [3.8, 4) is 0 Å². The Morgan fingerprint density at radius 1 is 1.18 bits per heavy atom. The van der Waals surface area contributed by atoms with Gasteiger partial charge in [0.15, 0.2) is 0 Å². The summed E-state index contributed by atoms with van der Waals surface area (Å²) < 4.78 is 0. The Morgan fingerprint density at radius 2 is 1.91 bits per heavy atom. The number of amides is 3. The number of nitrogens with two attached hydrogens (primary N) is 1. The highest BCUT2D eigenvalue weighted by atomic mass is 35.5. The minimum Gasteiger partial charge on any atom is -0.351 e. The highest BCUT2D eigenvalue weighted by Gasteiger charge is 2.14. The molecule has 0 saturated carbocycles. The van der Waals surface area contributed by atoms with E-state index in [9.17, 15) is 9.59 Å². The third kappa shape index (κ3) is 3.99. The minimum absolute atomic E-state index is 0.173. The zero-order valence-electron chi connectivity index (χ0n) is 12.0. The van der Waals surface area contributed by atoms with E-state index in [4.69, 9.17) is 17.3 Å². The summed E-state index contributed by atoms with van der Waals surface area (Å²) in [5.74, 6) is -0.173. The molecule has 0 fully saturated rings. The van der Waals surface area contributed by atoms with Crippen LogP contribution in [0.15, 0.2) is 48.5 Å². The van der Waals surface area contributed by atoms with Crippen LogP contribution in [0, 0.1) is 0 Å². The molecule has 2 aromatic rings. The number of carbonyl (C=O) groups excluding carboxylic acids is 2. The van der Waals surface area contributed by atoms with Crippen molar-refractivity contribution in [1.82, 2.24) is 4.90 Å². The van der Waals surface area contributed by atoms with Crippen LogP contribution < -0.4 is 11.1 Å². The lowest BCUT2D eigenvalue weighted by Crippen LogP contribution is -2.26. The van der Waals surface area contributed by atoms with Crippen LogP contribution >= 0.6 is 11.6 Å². The zero-order valence-corrected chi connectivity index (χ0v) is 12.8. The van der Waals surface area contributed by atoms with E-state index in [-0.39, 0.29) is 5.91 Å². The van der Waals surface area contributed by atoms with Crippen LogP contribution in [-0.4, -0.2) is 23.9 Å². The molecule has 0 atom stereocenters. The van der Waals surface area contributed by atoms with Crippen LogP contribution in [0.1, 0.15) is 15.9 Å². The predicted octanol–water partition coefficient (Wildman–Crippen LogP) is 3.10. The van der Waals surface area contributed by atoms with Gasteiger partial charge in [0.2, 0.25) is 0 Å². The third-order valence-corrected chi connectivity index (χ3v) is 3.46. The van der Waals surface area contributed by atoms with Gasteiger partial charge in [0.25, 0.3) is 5.91 Å². The van der Waals surface area contributed by atoms with E-state index in [2.05, 4.69) is 5.32 Å². The minimum atomic E-state index is -0.672. The molecule has 0 aliphatic heterocycles. The van der Waals surface area contributed by atoms with Gasteiger partial charge in [0, 0.05) is 29.9 Å². The van der Waals surface area contributed by atoms with Crippen molar-refractivity contribution in [2.24, 2.45) is 5.73 Å². The van der Waals surface area contributed by atoms with E-state index in [0.717, 1.165) is 5.56 Å². The maximum atomic E-state index is 12.4. The second-order valence-corrected chi connectivity index (χ2v) is 5.23. The first kappa shape index (κ1) is 15.9. The van der Waals surface area contributed by atoms with Gasteiger partial charge >= 0.3 is 6.03 Å². The number of carbonyl (C=O) groups is 2. The van der Waals surface area contributed by atoms with Gasteiger partial charge in [-0.25, -0.2) is 4.79 Å². The molecule has 0 spiro atoms. The largest absolute Gasteiger partial charge is 0.351 e. The highest BCUT2D eigenvalue weighted by Crippen LogP contribution is 2.18. The molecule has 3 amide bonds. The topological polar surface area (TPSA) is 75.4 Å². The first-order valence-corrected chi connectivity index (χ1v) is 7.00. The highest BCUT2D eigenvalue weighted by molar-refractivity contribution is 6.31. The molecule has 0 bridgehead atoms. The summed E-state index contributed by atoms with van der Waals surface area (Å²) in [4.78, 5) is 24.9. The van der Waals surface area contributed by atoms with Crippen LogP contribution in [0.5, 0.6) is 0 Å². The van der Waals surface area contributed by atoms with Crippen LogP contribution in [-0.2, 0) is 6.54 Å². The number of benzene rings is 2. The molecule has 114 valence electrons. The average Bonchev–Trinajstić information content (AvgIpc) is 2.48. The fourth-order valence-electron chi connectivity index (χ4n) is 2.05. The van der Waals surface area contributed by atoms with Crippen molar-refractivity contribution in [2.45, 2.75) is 6.54 Å². The summed E-state index contributed by atoms with van der Waals surface area (Å²) in [5.41, 5.74) is 6.87. The molecule has 0 unspecified atom stereocenters. The molecule has 0 aromatic heterocycles. The van der Waals surface area contributed by atoms with Crippen molar-refractivity contribution in [1.29, 1.82) is 0 Å². The number of hydrogen-bond donors (Lipinski definition) is 2. The zero-order chi connectivity index (χ0) is 16.1. The van der Waals surface area contributed by atoms with Crippen molar-refractivity contribution in [2.75, 3.05) is 12.4 Å². The Bertz CT molecular complexity index is 703. The van der Waals surface area contributed by atoms with Gasteiger partial charge in [-0.3, -0.25) is 4.79 Å². The first-order valence-electron chi connectivity index (χ1n) is 6.63. The van der Waals surface area contributed by atoms with Gasteiger partial charge in [0.1, 0.15) is 0 Å². The van der Waals surface area contributed by atoms with Crippen molar-refractivity contribution >= 4 is 29.2 Å². The van der Waals surface area contributed by atoms with Gasteiger partial charge < -0.3 is 16.0 Å². The SMILES string of the molecule is CN(Cc1ccccc1Cl)C(=O)c1cccc(NC(N)=O)c1. The second-order valence-electron chi connectivity index (χ2n) is 4.82. The van der Waals surface area contributed by atoms with Gasteiger partial charge in [-0.1, -0.05) is 35.9 Å². The van der Waals surface area contributed by atoms with Gasteiger partial charge in [-0.05, 0) is 29.8 Å². The number of hydrogen-bond acceptors (Lipinski definition) is 2. The standard InChI is InChI=1S/C16H16ClN3O2/c1-20(10-12-5-2-3-8-14(12)17)15(21)11-6-4-7-13(9-11)19-16(18)22/h2-9H,10H2,1H3,(H3,18,19,22). The molecule has 0 saturated heterocycles. The maximum absolute atomic E-state index is 12.4. The Kier molecular flexibility index (Phi) is 5.01. The molecule has 22 heavy (non-hydrogen) atoms. The fraction of sp³-hybridized carbons (Fsp3) is 0.125. The molecule has 3 N–H and O–H groups in total. The number of rotatable bonds is 4. The number of nitrogens with zero attached hydrogens (tertiary/aromatic N) is 1. The number of anilines is 1. The molecule has 5 nitrogen and oxygen atoms in total. The molecular formula is C16H16ClN3O2. The van der Waals surface area contributed by atoms with Crippen molar-refractivity contribution in [3.63, 3.8) is 0 Å². The fourth-order valence-corrected chi connectivity index (χ4v) is 2.24. The molecule has 0 radical (unpaired) electrons. The molecule has 2 aromatic carbocycles. The lowest BCUT2D eigenvalue weighted by atomic mass is 10.1. The van der Waals surface area contributed by atoms with Gasteiger partial charge in [0.05, 0.1) is 0 Å². The Labute approximate surface area is 133 Å². The number of halogens is 1. The molecular weight excluding hydrogens is 302 g/mol. The summed E-state index contributed by atoms with van der Waals surface area (Å²) in [6, 6.07) is 13.3. The lowest BCUT2D eigenvalue weighted by Gasteiger charge is -2.18. The smallest absolute Gasteiger partial charge is 0.316 e. The third-order valence-electron chi connectivity index (χ3n) is 3.09. The predicted molar refractivity (Wildman–Crippen MR) is 86.9 cm³/mol. The molecule has 2 rings (SSSR count). The van der Waals surface area contributed by atoms with E-state index in [0.29, 0.717) is 22.8 Å². The van der Waals surface area contributed by atoms with Crippen LogP contribution in [0.2, 0.25) is 5.02 Å². The summed E-state index contributed by atoms with van der Waals surface area (Å²) in [6.07, 6.45) is 0. The summed E-state index contributed by atoms with van der Waals surface area (Å²) in [6.45, 7) is 0.395. The average molecular weight is 318 g/mol. The van der Waals surface area contributed by atoms with E-state index in [1.165, 1.54) is 0 Å². The first-order chi connectivity index (χ1) is 10.5. The van der Waals surface area contributed by atoms with Crippen LogP contribution in [0.25, 0.3) is 0 Å². The monoisotopic (exact) mass is 317 g/mol. The molecule has 0 aliphatic carbocycles. The Morgan fingerprint density at radius 3 is 2.59 bits per heavy atom. The van der Waals surface area contributed by atoms with Crippen LogP contribution in [0.3, 0.4) is 0 Å². The quantitative estimate of drug-likeness (QED) is 0.909. The summed E-state index contributed by atoms with van der Waals surface area (Å²) >= 11 is 6.10. The van der Waals surface area contributed by atoms with E-state index in [1.54, 1.807) is 42.3 Å². The van der Waals surface area contributed by atoms with Gasteiger partial charge in [-0.2, -0.15) is 0 Å². The number of nitrogens with one attached hydrogen (secondary N) is 1. The lowest BCUT2D eigenvalue weighted by molar-refractivity contribution is 0.0785. The molecule has 0 heterocycles. The van der Waals surface area contributed by atoms with Crippen molar-refractivity contribution in [3.05, 3.63) is 64.7 Å². The molecule has 0 aliphatic rings. The second kappa shape index (κ2) is 6.95. The summed E-state index contributed by atoms with van der Waals surface area (Å²) in [7, 11) is 1.69.